The summed E-state index contributed by atoms with van der Waals surface area (Å²) in [6.07, 6.45) is 2.52. The standard InChI is InChI=1S/C13H26N2O2/c1-10(2)5-7-15-9-12(8-13(16)17)14-6-4-11(15)3/h10-12,14H,4-9H2,1-3H3,(H,16,17). The molecule has 0 aromatic heterocycles. The first-order valence-electron chi connectivity index (χ1n) is 6.68. The van der Waals surface area contributed by atoms with Crippen LogP contribution < -0.4 is 5.32 Å². The molecule has 0 bridgehead atoms. The lowest BCUT2D eigenvalue weighted by molar-refractivity contribution is -0.137. The molecule has 1 fully saturated rings. The lowest BCUT2D eigenvalue weighted by atomic mass is 10.1. The molecule has 17 heavy (non-hydrogen) atoms. The third kappa shape index (κ3) is 5.50. The molecule has 2 unspecified atom stereocenters. The lowest BCUT2D eigenvalue weighted by Crippen LogP contribution is -2.41. The predicted molar refractivity (Wildman–Crippen MR) is 69.2 cm³/mol. The van der Waals surface area contributed by atoms with E-state index in [1.165, 1.54) is 6.42 Å². The van der Waals surface area contributed by atoms with Gasteiger partial charge in [-0.3, -0.25) is 9.69 Å². The van der Waals surface area contributed by atoms with Crippen molar-refractivity contribution < 1.29 is 9.90 Å². The van der Waals surface area contributed by atoms with Gasteiger partial charge in [-0.2, -0.15) is 0 Å². The summed E-state index contributed by atoms with van der Waals surface area (Å²) in [6, 6.07) is 0.657. The Bertz CT molecular complexity index is 244. The van der Waals surface area contributed by atoms with Gasteiger partial charge < -0.3 is 10.4 Å². The zero-order valence-electron chi connectivity index (χ0n) is 11.3. The van der Waals surface area contributed by atoms with E-state index in [1.54, 1.807) is 0 Å². The SMILES string of the molecule is CC(C)CCN1CC(CC(=O)O)NCCC1C. The smallest absolute Gasteiger partial charge is 0.304 e. The first kappa shape index (κ1) is 14.5. The third-order valence-corrected chi connectivity index (χ3v) is 3.49. The van der Waals surface area contributed by atoms with Gasteiger partial charge in [-0.25, -0.2) is 0 Å². The van der Waals surface area contributed by atoms with Crippen molar-refractivity contribution in [3.8, 4) is 0 Å². The molecule has 4 heteroatoms. The van der Waals surface area contributed by atoms with E-state index in [0.717, 1.165) is 26.1 Å². The van der Waals surface area contributed by atoms with E-state index in [1.807, 2.05) is 0 Å². The quantitative estimate of drug-likeness (QED) is 0.768. The molecule has 1 saturated heterocycles. The van der Waals surface area contributed by atoms with Gasteiger partial charge in [0.25, 0.3) is 0 Å². The second-order valence-electron chi connectivity index (χ2n) is 5.56. The van der Waals surface area contributed by atoms with Crippen molar-refractivity contribution in [1.29, 1.82) is 0 Å². The minimum Gasteiger partial charge on any atom is -0.481 e. The van der Waals surface area contributed by atoms with Crippen molar-refractivity contribution in [2.24, 2.45) is 5.92 Å². The summed E-state index contributed by atoms with van der Waals surface area (Å²) in [5, 5.41) is 12.2. The molecule has 0 aromatic rings. The minimum absolute atomic E-state index is 0.101. The number of hydrogen-bond acceptors (Lipinski definition) is 3. The maximum absolute atomic E-state index is 10.8. The Labute approximate surface area is 104 Å². The second-order valence-corrected chi connectivity index (χ2v) is 5.56. The molecule has 0 saturated carbocycles. The molecule has 1 aliphatic rings. The second kappa shape index (κ2) is 6.97. The van der Waals surface area contributed by atoms with E-state index >= 15 is 0 Å². The summed E-state index contributed by atoms with van der Waals surface area (Å²) in [5.41, 5.74) is 0. The largest absolute Gasteiger partial charge is 0.481 e. The summed E-state index contributed by atoms with van der Waals surface area (Å²) in [7, 11) is 0. The van der Waals surface area contributed by atoms with E-state index in [0.29, 0.717) is 12.0 Å². The molecular weight excluding hydrogens is 216 g/mol. The summed E-state index contributed by atoms with van der Waals surface area (Å²) in [6.45, 7) is 9.57. The lowest BCUT2D eigenvalue weighted by Gasteiger charge is -2.29. The number of aliphatic carboxylic acids is 1. The van der Waals surface area contributed by atoms with Gasteiger partial charge >= 0.3 is 5.97 Å². The van der Waals surface area contributed by atoms with E-state index in [9.17, 15) is 4.79 Å². The van der Waals surface area contributed by atoms with Crippen LogP contribution in [0.5, 0.6) is 0 Å². The van der Waals surface area contributed by atoms with Gasteiger partial charge in [0, 0.05) is 18.6 Å². The van der Waals surface area contributed by atoms with E-state index in [2.05, 4.69) is 31.0 Å². The first-order chi connectivity index (χ1) is 7.99. The average molecular weight is 242 g/mol. The van der Waals surface area contributed by atoms with Crippen molar-refractivity contribution in [2.75, 3.05) is 19.6 Å². The van der Waals surface area contributed by atoms with Crippen LogP contribution in [0.3, 0.4) is 0 Å². The molecule has 0 spiro atoms. The van der Waals surface area contributed by atoms with Gasteiger partial charge in [-0.05, 0) is 38.8 Å². The maximum atomic E-state index is 10.8. The molecule has 4 nitrogen and oxygen atoms in total. The molecule has 0 radical (unpaired) electrons. The van der Waals surface area contributed by atoms with E-state index in [-0.39, 0.29) is 12.5 Å². The van der Waals surface area contributed by atoms with Crippen LogP contribution in [0.15, 0.2) is 0 Å². The zero-order chi connectivity index (χ0) is 12.8. The van der Waals surface area contributed by atoms with Gasteiger partial charge in [-0.1, -0.05) is 13.8 Å². The van der Waals surface area contributed by atoms with Crippen molar-refractivity contribution in [1.82, 2.24) is 10.2 Å². The minimum atomic E-state index is -0.708. The van der Waals surface area contributed by atoms with Crippen LogP contribution in [0.2, 0.25) is 0 Å². The molecule has 100 valence electrons. The Morgan fingerprint density at radius 2 is 2.24 bits per heavy atom. The molecule has 0 amide bonds. The van der Waals surface area contributed by atoms with Gasteiger partial charge in [0.15, 0.2) is 0 Å². The molecule has 1 rings (SSSR count). The number of hydrogen-bond donors (Lipinski definition) is 2. The Morgan fingerprint density at radius 1 is 1.53 bits per heavy atom. The maximum Gasteiger partial charge on any atom is 0.304 e. The summed E-state index contributed by atoms with van der Waals surface area (Å²) in [5.74, 6) is -0.00259. The van der Waals surface area contributed by atoms with Crippen LogP contribution in [-0.2, 0) is 4.79 Å². The molecule has 0 aromatic carbocycles. The Morgan fingerprint density at radius 3 is 2.82 bits per heavy atom. The fraction of sp³-hybridized carbons (Fsp3) is 0.923. The van der Waals surface area contributed by atoms with Gasteiger partial charge in [-0.15, -0.1) is 0 Å². The topological polar surface area (TPSA) is 52.6 Å². The number of carboxylic acids is 1. The van der Waals surface area contributed by atoms with Crippen molar-refractivity contribution in [3.05, 3.63) is 0 Å². The highest BCUT2D eigenvalue weighted by molar-refractivity contribution is 5.67. The highest BCUT2D eigenvalue weighted by atomic mass is 16.4. The predicted octanol–water partition coefficient (Wildman–Crippen LogP) is 1.56. The van der Waals surface area contributed by atoms with Crippen molar-refractivity contribution >= 4 is 5.97 Å². The Kier molecular flexibility index (Phi) is 5.92. The fourth-order valence-corrected chi connectivity index (χ4v) is 2.29. The molecule has 1 aliphatic heterocycles. The zero-order valence-corrected chi connectivity index (χ0v) is 11.3. The molecular formula is C13H26N2O2. The van der Waals surface area contributed by atoms with Crippen LogP contribution >= 0.6 is 0 Å². The highest BCUT2D eigenvalue weighted by Crippen LogP contribution is 2.13. The van der Waals surface area contributed by atoms with Crippen molar-refractivity contribution in [2.45, 2.75) is 52.1 Å². The number of carboxylic acid groups (broad SMARTS) is 1. The van der Waals surface area contributed by atoms with E-state index in [4.69, 9.17) is 5.11 Å². The average Bonchev–Trinajstić information content (AvgIpc) is 2.37. The van der Waals surface area contributed by atoms with Crippen LogP contribution in [0.1, 0.15) is 40.0 Å². The Balaban J connectivity index is 2.49. The number of carbonyl (C=O) groups is 1. The number of rotatable bonds is 5. The summed E-state index contributed by atoms with van der Waals surface area (Å²) in [4.78, 5) is 13.2. The van der Waals surface area contributed by atoms with Crippen LogP contribution in [0.4, 0.5) is 0 Å². The first-order valence-corrected chi connectivity index (χ1v) is 6.68. The molecule has 2 atom stereocenters. The number of nitrogens with one attached hydrogen (secondary N) is 1. The molecule has 1 heterocycles. The fourth-order valence-electron chi connectivity index (χ4n) is 2.29. The van der Waals surface area contributed by atoms with E-state index < -0.39 is 5.97 Å². The normalized spacial score (nSPS) is 27.1. The third-order valence-electron chi connectivity index (χ3n) is 3.49. The van der Waals surface area contributed by atoms with Crippen molar-refractivity contribution in [3.63, 3.8) is 0 Å². The van der Waals surface area contributed by atoms with Gasteiger partial charge in [0.2, 0.25) is 0 Å². The summed E-state index contributed by atoms with van der Waals surface area (Å²) < 4.78 is 0. The Hall–Kier alpha value is -0.610. The van der Waals surface area contributed by atoms with Crippen LogP contribution in [0, 0.1) is 5.92 Å². The number of nitrogens with zero attached hydrogens (tertiary/aromatic N) is 1. The van der Waals surface area contributed by atoms with Gasteiger partial charge in [0.1, 0.15) is 0 Å². The van der Waals surface area contributed by atoms with Crippen LogP contribution in [-0.4, -0.2) is 47.7 Å². The van der Waals surface area contributed by atoms with Crippen LogP contribution in [0.25, 0.3) is 0 Å². The van der Waals surface area contributed by atoms with Gasteiger partial charge in [0.05, 0.1) is 6.42 Å². The molecule has 0 aliphatic carbocycles. The molecule has 2 N–H and O–H groups in total. The monoisotopic (exact) mass is 242 g/mol. The highest BCUT2D eigenvalue weighted by Gasteiger charge is 2.23. The summed E-state index contributed by atoms with van der Waals surface area (Å²) >= 11 is 0.